The first-order chi connectivity index (χ1) is 4.25. The summed E-state index contributed by atoms with van der Waals surface area (Å²) in [7, 11) is 7.21. The molecule has 1 heterocycles. The molecule has 0 atom stereocenters. The highest BCUT2D eigenvalue weighted by Crippen LogP contribution is 2.10. The van der Waals surface area contributed by atoms with Crippen molar-refractivity contribution < 1.29 is 0 Å². The van der Waals surface area contributed by atoms with Gasteiger partial charge in [0.15, 0.2) is 0 Å². The maximum atomic E-state index is 5.63. The Morgan fingerprint density at radius 3 is 2.78 bits per heavy atom. The molecule has 0 aliphatic heterocycles. The summed E-state index contributed by atoms with van der Waals surface area (Å²) in [5.41, 5.74) is 0.872. The quantitative estimate of drug-likeness (QED) is 0.526. The Morgan fingerprint density at radius 1 is 1.89 bits per heavy atom. The van der Waals surface area contributed by atoms with Crippen LogP contribution >= 0.6 is 11.6 Å². The summed E-state index contributed by atoms with van der Waals surface area (Å²) in [5.74, 6) is 0. The molecular formula is C5H6BClN2. The van der Waals surface area contributed by atoms with E-state index < -0.39 is 0 Å². The van der Waals surface area contributed by atoms with E-state index in [1.807, 2.05) is 11.6 Å². The highest BCUT2D eigenvalue weighted by atomic mass is 35.5. The maximum Gasteiger partial charge on any atom is 0.149 e. The van der Waals surface area contributed by atoms with E-state index in [2.05, 4.69) is 4.98 Å². The van der Waals surface area contributed by atoms with Gasteiger partial charge in [0, 0.05) is 12.7 Å². The molecule has 2 radical (unpaired) electrons. The first-order valence-electron chi connectivity index (χ1n) is 2.61. The molecule has 0 amide bonds. The van der Waals surface area contributed by atoms with Gasteiger partial charge in [-0.15, -0.1) is 0 Å². The SMILES string of the molecule is [B]Cc1c(Cl)ncn1C. The van der Waals surface area contributed by atoms with E-state index in [1.54, 1.807) is 6.33 Å². The molecule has 9 heavy (non-hydrogen) atoms. The number of nitrogens with zero attached hydrogens (tertiary/aromatic N) is 2. The second kappa shape index (κ2) is 2.44. The van der Waals surface area contributed by atoms with Crippen LogP contribution < -0.4 is 0 Å². The Labute approximate surface area is 60.3 Å². The van der Waals surface area contributed by atoms with Gasteiger partial charge in [-0.05, 0) is 6.32 Å². The molecule has 0 aliphatic carbocycles. The van der Waals surface area contributed by atoms with Gasteiger partial charge < -0.3 is 4.57 Å². The van der Waals surface area contributed by atoms with Crippen molar-refractivity contribution in [2.24, 2.45) is 7.05 Å². The van der Waals surface area contributed by atoms with Crippen LogP contribution in [0.1, 0.15) is 5.69 Å². The minimum atomic E-state index is 0.440. The van der Waals surface area contributed by atoms with Crippen LogP contribution in [-0.2, 0) is 13.4 Å². The first kappa shape index (κ1) is 6.68. The van der Waals surface area contributed by atoms with Crippen molar-refractivity contribution in [1.29, 1.82) is 0 Å². The Balaban J connectivity index is 3.07. The summed E-state index contributed by atoms with van der Waals surface area (Å²) in [5, 5.41) is 0.500. The number of imidazole rings is 1. The fraction of sp³-hybridized carbons (Fsp3) is 0.400. The lowest BCUT2D eigenvalue weighted by molar-refractivity contribution is 0.865. The molecule has 0 aliphatic rings. The largest absolute Gasteiger partial charge is 0.337 e. The minimum Gasteiger partial charge on any atom is -0.337 e. The van der Waals surface area contributed by atoms with E-state index in [4.69, 9.17) is 19.4 Å². The summed E-state index contributed by atoms with van der Waals surface area (Å²) in [6, 6.07) is 0. The van der Waals surface area contributed by atoms with Crippen molar-refractivity contribution >= 4 is 19.4 Å². The van der Waals surface area contributed by atoms with Gasteiger partial charge in [0.05, 0.1) is 14.2 Å². The molecule has 0 spiro atoms. The molecule has 46 valence electrons. The van der Waals surface area contributed by atoms with Crippen molar-refractivity contribution in [2.75, 3.05) is 0 Å². The lowest BCUT2D eigenvalue weighted by Crippen LogP contribution is -1.94. The molecule has 1 aromatic heterocycles. The Bertz CT molecular complexity index is 189. The molecule has 1 rings (SSSR count). The standard InChI is InChI=1S/C5H6BClN2/c1-9-3-8-5(7)4(9)2-6/h3H,2H2,1H3. The molecule has 0 saturated heterocycles. The summed E-state index contributed by atoms with van der Waals surface area (Å²) >= 11 is 5.63. The van der Waals surface area contributed by atoms with Crippen LogP contribution in [0.25, 0.3) is 0 Å². The molecule has 0 fully saturated rings. The average Bonchev–Trinajstić information content (AvgIpc) is 2.12. The number of hydrogen-bond donors (Lipinski definition) is 0. The van der Waals surface area contributed by atoms with Crippen molar-refractivity contribution in [2.45, 2.75) is 6.32 Å². The second-order valence-electron chi connectivity index (χ2n) is 1.80. The van der Waals surface area contributed by atoms with Gasteiger partial charge in [0.1, 0.15) is 5.15 Å². The van der Waals surface area contributed by atoms with E-state index in [0.717, 1.165) is 5.69 Å². The average molecular weight is 140 g/mol. The lowest BCUT2D eigenvalue weighted by Gasteiger charge is -1.95. The van der Waals surface area contributed by atoms with E-state index in [-0.39, 0.29) is 0 Å². The molecule has 0 saturated carbocycles. The zero-order valence-corrected chi connectivity index (χ0v) is 5.89. The van der Waals surface area contributed by atoms with Crippen molar-refractivity contribution in [1.82, 2.24) is 9.55 Å². The van der Waals surface area contributed by atoms with Crippen LogP contribution in [0.4, 0.5) is 0 Å². The van der Waals surface area contributed by atoms with Crippen molar-refractivity contribution in [3.05, 3.63) is 17.2 Å². The van der Waals surface area contributed by atoms with E-state index in [0.29, 0.717) is 11.5 Å². The van der Waals surface area contributed by atoms with E-state index in [1.165, 1.54) is 0 Å². The van der Waals surface area contributed by atoms with E-state index >= 15 is 0 Å². The van der Waals surface area contributed by atoms with Gasteiger partial charge >= 0.3 is 0 Å². The second-order valence-corrected chi connectivity index (χ2v) is 2.16. The van der Waals surface area contributed by atoms with Gasteiger partial charge in [-0.1, -0.05) is 11.6 Å². The molecule has 4 heteroatoms. The fourth-order valence-electron chi connectivity index (χ4n) is 0.655. The van der Waals surface area contributed by atoms with Crippen molar-refractivity contribution in [3.8, 4) is 0 Å². The minimum absolute atomic E-state index is 0.440. The molecule has 0 bridgehead atoms. The summed E-state index contributed by atoms with van der Waals surface area (Å²) < 4.78 is 1.81. The highest BCUT2D eigenvalue weighted by Gasteiger charge is 2.00. The third-order valence-electron chi connectivity index (χ3n) is 1.20. The highest BCUT2D eigenvalue weighted by molar-refractivity contribution is 6.30. The van der Waals surface area contributed by atoms with Gasteiger partial charge in [-0.3, -0.25) is 0 Å². The van der Waals surface area contributed by atoms with Crippen LogP contribution in [0.15, 0.2) is 6.33 Å². The van der Waals surface area contributed by atoms with Crippen LogP contribution in [0.5, 0.6) is 0 Å². The monoisotopic (exact) mass is 140 g/mol. The molecule has 0 unspecified atom stereocenters. The van der Waals surface area contributed by atoms with Gasteiger partial charge in [-0.25, -0.2) is 4.98 Å². The van der Waals surface area contributed by atoms with Crippen molar-refractivity contribution in [3.63, 3.8) is 0 Å². The number of halogens is 1. The fourth-order valence-corrected chi connectivity index (χ4v) is 0.909. The molecule has 1 aromatic rings. The van der Waals surface area contributed by atoms with Gasteiger partial charge in [0.25, 0.3) is 0 Å². The van der Waals surface area contributed by atoms with Gasteiger partial charge in [0.2, 0.25) is 0 Å². The molecule has 0 aromatic carbocycles. The van der Waals surface area contributed by atoms with Crippen LogP contribution in [0.3, 0.4) is 0 Å². The zero-order chi connectivity index (χ0) is 6.85. The number of aromatic nitrogens is 2. The summed E-state index contributed by atoms with van der Waals surface area (Å²) in [4.78, 5) is 3.84. The number of hydrogen-bond acceptors (Lipinski definition) is 1. The lowest BCUT2D eigenvalue weighted by atomic mass is 10.0. The van der Waals surface area contributed by atoms with Crippen LogP contribution in [0, 0.1) is 0 Å². The molecule has 2 nitrogen and oxygen atoms in total. The van der Waals surface area contributed by atoms with E-state index in [9.17, 15) is 0 Å². The zero-order valence-electron chi connectivity index (χ0n) is 5.13. The number of aryl methyl sites for hydroxylation is 1. The Hall–Kier alpha value is -0.435. The Morgan fingerprint density at radius 2 is 2.56 bits per heavy atom. The first-order valence-corrected chi connectivity index (χ1v) is 2.99. The third kappa shape index (κ3) is 1.10. The normalized spacial score (nSPS) is 10.0. The molecular weight excluding hydrogens is 134 g/mol. The maximum absolute atomic E-state index is 5.63. The van der Waals surface area contributed by atoms with Crippen LogP contribution in [0.2, 0.25) is 5.15 Å². The summed E-state index contributed by atoms with van der Waals surface area (Å²) in [6.07, 6.45) is 2.08. The predicted molar refractivity (Wildman–Crippen MR) is 37.7 cm³/mol. The van der Waals surface area contributed by atoms with Crippen LogP contribution in [-0.4, -0.2) is 17.4 Å². The number of rotatable bonds is 1. The molecule has 0 N–H and O–H groups in total. The third-order valence-corrected chi connectivity index (χ3v) is 1.52. The van der Waals surface area contributed by atoms with Gasteiger partial charge in [-0.2, -0.15) is 0 Å². The predicted octanol–water partition coefficient (Wildman–Crippen LogP) is 0.742. The Kier molecular flexibility index (Phi) is 1.81. The topological polar surface area (TPSA) is 17.8 Å². The smallest absolute Gasteiger partial charge is 0.149 e. The summed E-state index contributed by atoms with van der Waals surface area (Å²) in [6.45, 7) is 0.